The molecule has 2 N–H and O–H groups in total. The van der Waals surface area contributed by atoms with Crippen LogP contribution < -0.4 is 15.2 Å². The summed E-state index contributed by atoms with van der Waals surface area (Å²) in [6.45, 7) is 10.4. The van der Waals surface area contributed by atoms with Crippen molar-refractivity contribution in [2.75, 3.05) is 6.61 Å². The second kappa shape index (κ2) is 12.8. The van der Waals surface area contributed by atoms with Crippen LogP contribution in [-0.2, 0) is 0 Å². The Kier molecular flexibility index (Phi) is 10.3. The number of nitrogens with zero attached hydrogens (tertiary/aromatic N) is 4. The molecule has 29 heavy (non-hydrogen) atoms. The predicted octanol–water partition coefficient (Wildman–Crippen LogP) is 4.28. The van der Waals surface area contributed by atoms with Crippen LogP contribution in [0.5, 0.6) is 17.4 Å². The Morgan fingerprint density at radius 1 is 1.03 bits per heavy atom. The Morgan fingerprint density at radius 3 is 2.34 bits per heavy atom. The molecule has 8 nitrogen and oxygen atoms in total. The van der Waals surface area contributed by atoms with E-state index in [1.54, 1.807) is 36.8 Å². The molecule has 3 aromatic heterocycles. The molecule has 3 heterocycles. The molecule has 0 aliphatic heterocycles. The fourth-order valence-corrected chi connectivity index (χ4v) is 2.03. The van der Waals surface area contributed by atoms with Crippen molar-refractivity contribution < 1.29 is 14.3 Å². The summed E-state index contributed by atoms with van der Waals surface area (Å²) in [5, 5.41) is 0. The third-order valence-electron chi connectivity index (χ3n) is 3.16. The van der Waals surface area contributed by atoms with Gasteiger partial charge in [0.1, 0.15) is 5.75 Å². The van der Waals surface area contributed by atoms with Crippen molar-refractivity contribution in [3.05, 3.63) is 54.7 Å². The molecule has 0 aliphatic rings. The van der Waals surface area contributed by atoms with Crippen molar-refractivity contribution in [1.82, 2.24) is 19.9 Å². The zero-order valence-electron chi connectivity index (χ0n) is 17.4. The van der Waals surface area contributed by atoms with Crippen molar-refractivity contribution in [3.8, 4) is 28.8 Å². The maximum atomic E-state index is 11.1. The minimum Gasteiger partial charge on any atom is -0.488 e. The third-order valence-corrected chi connectivity index (χ3v) is 3.16. The maximum Gasteiger partial charge on any atom is 0.262 e. The predicted molar refractivity (Wildman–Crippen MR) is 112 cm³/mol. The van der Waals surface area contributed by atoms with Gasteiger partial charge in [-0.05, 0) is 25.1 Å². The largest absolute Gasteiger partial charge is 0.488 e. The first kappa shape index (κ1) is 23.5. The zero-order chi connectivity index (χ0) is 21.6. The molecule has 3 aromatic rings. The second-order valence-electron chi connectivity index (χ2n) is 4.91. The summed E-state index contributed by atoms with van der Waals surface area (Å²) in [7, 11) is 0. The van der Waals surface area contributed by atoms with Crippen LogP contribution in [0.25, 0.3) is 11.4 Å². The van der Waals surface area contributed by atoms with Gasteiger partial charge in [-0.1, -0.05) is 27.7 Å². The summed E-state index contributed by atoms with van der Waals surface area (Å²) in [6.07, 6.45) is 7.48. The molecule has 0 spiro atoms. The van der Waals surface area contributed by atoms with E-state index in [0.717, 1.165) is 0 Å². The molecule has 0 radical (unpaired) electrons. The lowest BCUT2D eigenvalue weighted by Crippen LogP contribution is -2.11. The molecule has 154 valence electrons. The Balaban J connectivity index is 0.000000989. The highest BCUT2D eigenvalue weighted by molar-refractivity contribution is 5.92. The number of rotatable bonds is 6. The highest BCUT2D eigenvalue weighted by Gasteiger charge is 2.10. The highest BCUT2D eigenvalue weighted by atomic mass is 16.5. The average Bonchev–Trinajstić information content (AvgIpc) is 2.78. The summed E-state index contributed by atoms with van der Waals surface area (Å²) in [6, 6.07) is 5.26. The molecular formula is C21H27N5O3. The van der Waals surface area contributed by atoms with Crippen LogP contribution in [0.3, 0.4) is 0 Å². The van der Waals surface area contributed by atoms with Gasteiger partial charge in [0.05, 0.1) is 18.4 Å². The summed E-state index contributed by atoms with van der Waals surface area (Å²) >= 11 is 0. The van der Waals surface area contributed by atoms with E-state index in [1.807, 2.05) is 34.6 Å². The van der Waals surface area contributed by atoms with E-state index in [0.29, 0.717) is 35.4 Å². The fourth-order valence-electron chi connectivity index (χ4n) is 2.03. The standard InChI is InChI=1S/C17H15N5O3.2C2H6/c1-2-24-14-4-3-5-20-17(14)25-13-6-11(7-19-10-13)16-21-8-12(9-22-16)15(18)23;2*1-2/h3-10H,2H2,1H3,(H2,18,23);2*1-2H3. The normalized spacial score (nSPS) is 9.28. The number of ether oxygens (including phenoxy) is 2. The topological polar surface area (TPSA) is 113 Å². The number of amides is 1. The lowest BCUT2D eigenvalue weighted by atomic mass is 10.2. The number of hydrogen-bond donors (Lipinski definition) is 1. The van der Waals surface area contributed by atoms with Crippen molar-refractivity contribution in [1.29, 1.82) is 0 Å². The monoisotopic (exact) mass is 397 g/mol. The quantitative estimate of drug-likeness (QED) is 0.660. The van der Waals surface area contributed by atoms with Gasteiger partial charge in [0.25, 0.3) is 11.8 Å². The van der Waals surface area contributed by atoms with Gasteiger partial charge >= 0.3 is 0 Å². The van der Waals surface area contributed by atoms with Gasteiger partial charge in [0, 0.05) is 30.4 Å². The van der Waals surface area contributed by atoms with Gasteiger partial charge in [0.2, 0.25) is 0 Å². The molecule has 0 bridgehead atoms. The first-order chi connectivity index (χ1) is 14.2. The van der Waals surface area contributed by atoms with Crippen molar-refractivity contribution >= 4 is 5.91 Å². The summed E-state index contributed by atoms with van der Waals surface area (Å²) in [4.78, 5) is 27.6. The second-order valence-corrected chi connectivity index (χ2v) is 4.91. The van der Waals surface area contributed by atoms with Crippen LogP contribution in [0, 0.1) is 0 Å². The van der Waals surface area contributed by atoms with Crippen LogP contribution in [0.15, 0.2) is 49.2 Å². The van der Waals surface area contributed by atoms with Gasteiger partial charge < -0.3 is 15.2 Å². The molecule has 0 unspecified atom stereocenters. The van der Waals surface area contributed by atoms with E-state index in [4.69, 9.17) is 15.2 Å². The van der Waals surface area contributed by atoms with Gasteiger partial charge in [-0.15, -0.1) is 0 Å². The van der Waals surface area contributed by atoms with Gasteiger partial charge in [-0.2, -0.15) is 0 Å². The minimum absolute atomic E-state index is 0.235. The molecule has 0 saturated heterocycles. The number of carbonyl (C=O) groups excluding carboxylic acids is 1. The van der Waals surface area contributed by atoms with E-state index in [-0.39, 0.29) is 5.56 Å². The summed E-state index contributed by atoms with van der Waals surface area (Å²) < 4.78 is 11.2. The number of primary amides is 1. The number of nitrogens with two attached hydrogens (primary N) is 1. The Morgan fingerprint density at radius 2 is 1.72 bits per heavy atom. The Bertz CT molecular complexity index is 885. The fraction of sp³-hybridized carbons (Fsp3) is 0.286. The highest BCUT2D eigenvalue weighted by Crippen LogP contribution is 2.29. The Hall–Kier alpha value is -3.55. The van der Waals surface area contributed by atoms with E-state index >= 15 is 0 Å². The molecule has 0 atom stereocenters. The SMILES string of the molecule is CC.CC.CCOc1cccnc1Oc1cncc(-c2ncc(C(N)=O)cn2)c1. The number of aromatic nitrogens is 4. The van der Waals surface area contributed by atoms with E-state index in [9.17, 15) is 4.79 Å². The average molecular weight is 397 g/mol. The molecule has 8 heteroatoms. The molecule has 0 aromatic carbocycles. The molecular weight excluding hydrogens is 370 g/mol. The first-order valence-electron chi connectivity index (χ1n) is 9.50. The smallest absolute Gasteiger partial charge is 0.262 e. The number of carbonyl (C=O) groups is 1. The third kappa shape index (κ3) is 6.84. The maximum absolute atomic E-state index is 11.1. The molecule has 0 saturated carbocycles. The lowest BCUT2D eigenvalue weighted by Gasteiger charge is -2.10. The lowest BCUT2D eigenvalue weighted by molar-refractivity contribution is 0.0999. The Labute approximate surface area is 171 Å². The van der Waals surface area contributed by atoms with E-state index < -0.39 is 5.91 Å². The van der Waals surface area contributed by atoms with Crippen LogP contribution in [0.1, 0.15) is 45.0 Å². The van der Waals surface area contributed by atoms with Gasteiger partial charge in [0.15, 0.2) is 11.6 Å². The molecule has 1 amide bonds. The minimum atomic E-state index is -0.583. The van der Waals surface area contributed by atoms with E-state index in [1.165, 1.54) is 12.4 Å². The van der Waals surface area contributed by atoms with Crippen molar-refractivity contribution in [3.63, 3.8) is 0 Å². The summed E-state index contributed by atoms with van der Waals surface area (Å²) in [5.74, 6) is 1.15. The van der Waals surface area contributed by atoms with Crippen molar-refractivity contribution in [2.45, 2.75) is 34.6 Å². The zero-order valence-corrected chi connectivity index (χ0v) is 17.4. The van der Waals surface area contributed by atoms with E-state index in [2.05, 4.69) is 19.9 Å². The first-order valence-corrected chi connectivity index (χ1v) is 9.50. The van der Waals surface area contributed by atoms with Crippen LogP contribution in [0.4, 0.5) is 0 Å². The molecule has 0 fully saturated rings. The molecule has 0 aliphatic carbocycles. The van der Waals surface area contributed by atoms with Gasteiger partial charge in [-0.3, -0.25) is 9.78 Å². The van der Waals surface area contributed by atoms with Crippen molar-refractivity contribution in [2.24, 2.45) is 5.73 Å². The number of hydrogen-bond acceptors (Lipinski definition) is 7. The molecule has 3 rings (SSSR count). The number of pyridine rings is 2. The van der Waals surface area contributed by atoms with Gasteiger partial charge in [-0.25, -0.2) is 15.0 Å². The van der Waals surface area contributed by atoms with Crippen LogP contribution >= 0.6 is 0 Å². The summed E-state index contributed by atoms with van der Waals surface area (Å²) in [5.41, 5.74) is 6.04. The van der Waals surface area contributed by atoms with Crippen LogP contribution in [-0.4, -0.2) is 32.4 Å². The van der Waals surface area contributed by atoms with Crippen LogP contribution in [0.2, 0.25) is 0 Å².